The molecule has 0 aliphatic heterocycles. The van der Waals surface area contributed by atoms with Crippen LogP contribution in [0.15, 0.2) is 24.3 Å². The van der Waals surface area contributed by atoms with Crippen molar-refractivity contribution in [2.24, 2.45) is 5.92 Å². The highest BCUT2D eigenvalue weighted by atomic mass is 16.2. The zero-order valence-electron chi connectivity index (χ0n) is 13.4. The number of anilines is 1. The molecule has 1 aliphatic rings. The fourth-order valence-electron chi connectivity index (χ4n) is 2.91. The highest BCUT2D eigenvalue weighted by molar-refractivity contribution is 5.97. The molecular formula is C18H26N2O2. The van der Waals surface area contributed by atoms with Crippen molar-refractivity contribution in [1.29, 1.82) is 0 Å². The molecular weight excluding hydrogens is 276 g/mol. The number of benzene rings is 1. The minimum absolute atomic E-state index is 0.0513. The first-order valence-electron chi connectivity index (χ1n) is 8.37. The molecule has 0 saturated heterocycles. The molecule has 0 heterocycles. The summed E-state index contributed by atoms with van der Waals surface area (Å²) in [6, 6.07) is 7.15. The third kappa shape index (κ3) is 5.17. The summed E-state index contributed by atoms with van der Waals surface area (Å²) in [5.41, 5.74) is 1.29. The van der Waals surface area contributed by atoms with Crippen molar-refractivity contribution >= 4 is 17.5 Å². The zero-order valence-corrected chi connectivity index (χ0v) is 13.4. The van der Waals surface area contributed by atoms with Crippen LogP contribution < -0.4 is 10.6 Å². The molecule has 120 valence electrons. The van der Waals surface area contributed by atoms with E-state index in [0.717, 1.165) is 25.7 Å². The molecule has 22 heavy (non-hydrogen) atoms. The summed E-state index contributed by atoms with van der Waals surface area (Å²) in [7, 11) is 0. The van der Waals surface area contributed by atoms with Gasteiger partial charge in [0.2, 0.25) is 5.91 Å². The van der Waals surface area contributed by atoms with Crippen LogP contribution in [0.2, 0.25) is 0 Å². The summed E-state index contributed by atoms with van der Waals surface area (Å²) < 4.78 is 0. The lowest BCUT2D eigenvalue weighted by Crippen LogP contribution is -2.24. The monoisotopic (exact) mass is 302 g/mol. The number of carbonyl (C=O) groups excluding carboxylic acids is 2. The second-order valence-corrected chi connectivity index (χ2v) is 6.09. The normalized spacial score (nSPS) is 14.8. The van der Waals surface area contributed by atoms with Gasteiger partial charge >= 0.3 is 0 Å². The van der Waals surface area contributed by atoms with E-state index in [0.29, 0.717) is 30.1 Å². The molecule has 2 rings (SSSR count). The fraction of sp³-hybridized carbons (Fsp3) is 0.556. The lowest BCUT2D eigenvalue weighted by atomic mass is 10.0. The Hall–Kier alpha value is -1.84. The molecule has 1 aromatic rings. The molecule has 1 saturated carbocycles. The van der Waals surface area contributed by atoms with Crippen molar-refractivity contribution in [3.63, 3.8) is 0 Å². The Morgan fingerprint density at radius 2 is 2.00 bits per heavy atom. The lowest BCUT2D eigenvalue weighted by Gasteiger charge is -2.11. The van der Waals surface area contributed by atoms with Crippen molar-refractivity contribution < 1.29 is 9.59 Å². The van der Waals surface area contributed by atoms with Crippen LogP contribution >= 0.6 is 0 Å². The Morgan fingerprint density at radius 3 is 2.73 bits per heavy atom. The van der Waals surface area contributed by atoms with Crippen LogP contribution in [-0.2, 0) is 4.79 Å². The van der Waals surface area contributed by atoms with Gasteiger partial charge in [-0.2, -0.15) is 0 Å². The zero-order chi connectivity index (χ0) is 15.8. The van der Waals surface area contributed by atoms with E-state index in [1.165, 1.54) is 12.8 Å². The summed E-state index contributed by atoms with van der Waals surface area (Å²) >= 11 is 0. The number of hydrogen-bond acceptors (Lipinski definition) is 2. The first-order chi connectivity index (χ1) is 10.7. The minimum atomic E-state index is -0.0830. The third-order valence-electron chi connectivity index (χ3n) is 4.17. The van der Waals surface area contributed by atoms with Gasteiger partial charge in [-0.25, -0.2) is 0 Å². The Kier molecular flexibility index (Phi) is 6.44. The molecule has 4 heteroatoms. The van der Waals surface area contributed by atoms with E-state index in [2.05, 4.69) is 17.6 Å². The topological polar surface area (TPSA) is 58.2 Å². The number of carbonyl (C=O) groups is 2. The van der Waals surface area contributed by atoms with E-state index in [9.17, 15) is 9.59 Å². The van der Waals surface area contributed by atoms with Crippen molar-refractivity contribution in [2.75, 3.05) is 11.9 Å². The van der Waals surface area contributed by atoms with Crippen LogP contribution in [-0.4, -0.2) is 18.4 Å². The SMILES string of the molecule is CCCCNC(=O)c1cccc(NC(=O)CC2CCCC2)c1. The van der Waals surface area contributed by atoms with Gasteiger partial charge in [0.25, 0.3) is 5.91 Å². The van der Waals surface area contributed by atoms with Gasteiger partial charge in [-0.3, -0.25) is 9.59 Å². The van der Waals surface area contributed by atoms with Gasteiger partial charge in [-0.05, 0) is 43.4 Å². The predicted molar refractivity (Wildman–Crippen MR) is 88.9 cm³/mol. The van der Waals surface area contributed by atoms with Crippen LogP contribution in [0.5, 0.6) is 0 Å². The second-order valence-electron chi connectivity index (χ2n) is 6.09. The molecule has 0 bridgehead atoms. The van der Waals surface area contributed by atoms with Gasteiger partial charge in [-0.1, -0.05) is 32.3 Å². The number of amides is 2. The minimum Gasteiger partial charge on any atom is -0.352 e. The molecule has 1 aliphatic carbocycles. The first kappa shape index (κ1) is 16.5. The summed E-state index contributed by atoms with van der Waals surface area (Å²) in [6.45, 7) is 2.78. The Bertz CT molecular complexity index is 508. The molecule has 2 amide bonds. The Labute approximate surface area is 132 Å². The average Bonchev–Trinajstić information content (AvgIpc) is 3.00. The maximum Gasteiger partial charge on any atom is 0.251 e. The van der Waals surface area contributed by atoms with E-state index in [1.54, 1.807) is 18.2 Å². The molecule has 0 spiro atoms. The smallest absolute Gasteiger partial charge is 0.251 e. The summed E-state index contributed by atoms with van der Waals surface area (Å²) in [4.78, 5) is 24.1. The van der Waals surface area contributed by atoms with E-state index in [1.807, 2.05) is 6.07 Å². The van der Waals surface area contributed by atoms with Gasteiger partial charge in [0, 0.05) is 24.2 Å². The van der Waals surface area contributed by atoms with E-state index >= 15 is 0 Å². The van der Waals surface area contributed by atoms with Crippen molar-refractivity contribution in [3.8, 4) is 0 Å². The number of nitrogens with one attached hydrogen (secondary N) is 2. The van der Waals surface area contributed by atoms with Crippen molar-refractivity contribution in [3.05, 3.63) is 29.8 Å². The van der Waals surface area contributed by atoms with Crippen LogP contribution in [0.4, 0.5) is 5.69 Å². The molecule has 0 atom stereocenters. The largest absolute Gasteiger partial charge is 0.352 e. The van der Waals surface area contributed by atoms with E-state index in [4.69, 9.17) is 0 Å². The third-order valence-corrected chi connectivity index (χ3v) is 4.17. The van der Waals surface area contributed by atoms with Gasteiger partial charge in [-0.15, -0.1) is 0 Å². The maximum absolute atomic E-state index is 12.0. The standard InChI is InChI=1S/C18H26N2O2/c1-2-3-11-19-18(22)15-9-6-10-16(13-15)20-17(21)12-14-7-4-5-8-14/h6,9-10,13-14H,2-5,7-8,11-12H2,1H3,(H,19,22)(H,20,21). The molecule has 2 N–H and O–H groups in total. The quantitative estimate of drug-likeness (QED) is 0.754. The lowest BCUT2D eigenvalue weighted by molar-refractivity contribution is -0.117. The molecule has 0 radical (unpaired) electrons. The first-order valence-corrected chi connectivity index (χ1v) is 8.37. The molecule has 0 aromatic heterocycles. The molecule has 1 fully saturated rings. The fourth-order valence-corrected chi connectivity index (χ4v) is 2.91. The maximum atomic E-state index is 12.0. The van der Waals surface area contributed by atoms with Crippen LogP contribution in [0.3, 0.4) is 0 Å². The average molecular weight is 302 g/mol. The van der Waals surface area contributed by atoms with Crippen LogP contribution in [0.1, 0.15) is 62.2 Å². The number of rotatable bonds is 7. The number of hydrogen-bond donors (Lipinski definition) is 2. The van der Waals surface area contributed by atoms with Crippen molar-refractivity contribution in [2.45, 2.75) is 51.9 Å². The Morgan fingerprint density at radius 1 is 1.23 bits per heavy atom. The van der Waals surface area contributed by atoms with Gasteiger partial charge in [0.15, 0.2) is 0 Å². The molecule has 1 aromatic carbocycles. The van der Waals surface area contributed by atoms with Gasteiger partial charge in [0.05, 0.1) is 0 Å². The second kappa shape index (κ2) is 8.57. The van der Waals surface area contributed by atoms with Gasteiger partial charge < -0.3 is 10.6 Å². The van der Waals surface area contributed by atoms with Crippen LogP contribution in [0, 0.1) is 5.92 Å². The molecule has 4 nitrogen and oxygen atoms in total. The summed E-state index contributed by atoms with van der Waals surface area (Å²) in [5, 5.41) is 5.80. The molecule has 0 unspecified atom stereocenters. The summed E-state index contributed by atoms with van der Waals surface area (Å²) in [5.74, 6) is 0.497. The van der Waals surface area contributed by atoms with E-state index in [-0.39, 0.29) is 11.8 Å². The predicted octanol–water partition coefficient (Wildman–Crippen LogP) is 3.74. The van der Waals surface area contributed by atoms with Crippen molar-refractivity contribution in [1.82, 2.24) is 5.32 Å². The number of unbranched alkanes of at least 4 members (excludes halogenated alkanes) is 1. The highest BCUT2D eigenvalue weighted by Crippen LogP contribution is 2.27. The summed E-state index contributed by atoms with van der Waals surface area (Å²) in [6.07, 6.45) is 7.42. The highest BCUT2D eigenvalue weighted by Gasteiger charge is 2.18. The Balaban J connectivity index is 1.87. The van der Waals surface area contributed by atoms with Gasteiger partial charge in [0.1, 0.15) is 0 Å². The van der Waals surface area contributed by atoms with E-state index < -0.39 is 0 Å². The van der Waals surface area contributed by atoms with Crippen LogP contribution in [0.25, 0.3) is 0 Å².